The van der Waals surface area contributed by atoms with Gasteiger partial charge in [-0.1, -0.05) is 0 Å². The average molecular weight is 289 g/mol. The quantitative estimate of drug-likeness (QED) is 0.608. The molecule has 0 radical (unpaired) electrons. The maximum Gasteiger partial charge on any atom is 0.225 e. The van der Waals surface area contributed by atoms with Gasteiger partial charge in [0, 0.05) is 18.4 Å². The van der Waals surface area contributed by atoms with E-state index in [1.807, 2.05) is 23.5 Å². The lowest BCUT2D eigenvalue weighted by atomic mass is 9.48. The van der Waals surface area contributed by atoms with Gasteiger partial charge in [-0.05, 0) is 41.8 Å². The van der Waals surface area contributed by atoms with Gasteiger partial charge in [-0.15, -0.1) is 0 Å². The van der Waals surface area contributed by atoms with Gasteiger partial charge < -0.3 is 4.90 Å². The van der Waals surface area contributed by atoms with E-state index in [0.29, 0.717) is 11.3 Å². The maximum atomic E-state index is 12.3. The molecule has 1 aliphatic rings. The highest BCUT2D eigenvalue weighted by atomic mass is 32.2. The Balaban J connectivity index is 2.61. The first-order valence-corrected chi connectivity index (χ1v) is 8.66. The third-order valence-electron chi connectivity index (χ3n) is 3.48. The summed E-state index contributed by atoms with van der Waals surface area (Å²) in [6.45, 7) is 0. The highest BCUT2D eigenvalue weighted by molar-refractivity contribution is 7.90. The number of aryl methyl sites for hydroxylation is 1. The summed E-state index contributed by atoms with van der Waals surface area (Å²) in [5, 5.41) is -0.317. The second-order valence-corrected chi connectivity index (χ2v) is 8.33. The predicted molar refractivity (Wildman–Crippen MR) is 88.3 cm³/mol. The fourth-order valence-corrected chi connectivity index (χ4v) is 3.29. The molecular weight excluding hydrogens is 271 g/mol. The molecule has 0 N–H and O–H groups in total. The van der Waals surface area contributed by atoms with Gasteiger partial charge in [0.25, 0.3) is 0 Å². The molecule has 0 fully saturated rings. The van der Waals surface area contributed by atoms with Crippen molar-refractivity contribution in [3.8, 4) is 0 Å². The van der Waals surface area contributed by atoms with Crippen LogP contribution in [-0.2, 0) is 21.1 Å². The molecule has 2 rings (SSSR count). The number of fused-ring (bicyclic) bond motifs is 1. The lowest BCUT2D eigenvalue weighted by Gasteiger charge is -2.36. The SMILES string of the molecule is BC(B)(B)N1C(=O)CCCc2cc(S(C)(=O)=O)ccc21. The van der Waals surface area contributed by atoms with Crippen molar-refractivity contribution >= 4 is 45.0 Å². The van der Waals surface area contributed by atoms with Crippen molar-refractivity contribution in [1.82, 2.24) is 0 Å². The van der Waals surface area contributed by atoms with E-state index in [0.717, 1.165) is 24.1 Å². The van der Waals surface area contributed by atoms with Crippen molar-refractivity contribution < 1.29 is 13.2 Å². The Bertz CT molecular complexity index is 652. The van der Waals surface area contributed by atoms with Crippen LogP contribution in [0, 0.1) is 0 Å². The number of amides is 1. The van der Waals surface area contributed by atoms with E-state index in [-0.39, 0.29) is 11.1 Å². The lowest BCUT2D eigenvalue weighted by Crippen LogP contribution is -2.54. The minimum absolute atomic E-state index is 0.100. The molecule has 0 unspecified atom stereocenters. The molecular formula is C12H18B3NO3S. The first kappa shape index (κ1) is 15.2. The number of anilines is 1. The molecule has 4 nitrogen and oxygen atoms in total. The van der Waals surface area contributed by atoms with Crippen molar-refractivity contribution in [2.24, 2.45) is 0 Å². The van der Waals surface area contributed by atoms with E-state index < -0.39 is 9.84 Å². The van der Waals surface area contributed by atoms with E-state index in [2.05, 4.69) is 0 Å². The molecule has 20 heavy (non-hydrogen) atoms. The molecule has 1 amide bonds. The number of benzene rings is 1. The van der Waals surface area contributed by atoms with Gasteiger partial charge in [-0.3, -0.25) is 4.79 Å². The van der Waals surface area contributed by atoms with E-state index in [1.165, 1.54) is 6.26 Å². The largest absolute Gasteiger partial charge is 0.330 e. The molecule has 0 atom stereocenters. The molecule has 8 heteroatoms. The Kier molecular flexibility index (Phi) is 3.80. The van der Waals surface area contributed by atoms with Gasteiger partial charge in [-0.2, -0.15) is 0 Å². The molecule has 0 saturated carbocycles. The fourth-order valence-electron chi connectivity index (χ4n) is 2.62. The molecule has 0 bridgehead atoms. The number of sulfone groups is 1. The number of hydrogen-bond acceptors (Lipinski definition) is 3. The zero-order valence-electron chi connectivity index (χ0n) is 12.4. The summed E-state index contributed by atoms with van der Waals surface area (Å²) < 4.78 is 23.3. The Morgan fingerprint density at radius 3 is 2.40 bits per heavy atom. The van der Waals surface area contributed by atoms with Crippen LogP contribution in [0.4, 0.5) is 5.69 Å². The summed E-state index contributed by atoms with van der Waals surface area (Å²) in [4.78, 5) is 14.4. The number of carbonyl (C=O) groups excluding carboxylic acids is 1. The van der Waals surface area contributed by atoms with Gasteiger partial charge >= 0.3 is 0 Å². The number of carbonyl (C=O) groups is 1. The molecule has 0 aromatic heterocycles. The Hall–Kier alpha value is -1.17. The van der Waals surface area contributed by atoms with E-state index >= 15 is 0 Å². The van der Waals surface area contributed by atoms with Crippen LogP contribution in [0.2, 0.25) is 0 Å². The minimum atomic E-state index is -3.22. The summed E-state index contributed by atoms with van der Waals surface area (Å²) in [7, 11) is 2.75. The highest BCUT2D eigenvalue weighted by Gasteiger charge is 2.31. The average Bonchev–Trinajstić information content (AvgIpc) is 2.43. The molecule has 104 valence electrons. The van der Waals surface area contributed by atoms with Crippen LogP contribution in [0.25, 0.3) is 0 Å². The van der Waals surface area contributed by atoms with Crippen LogP contribution in [0.5, 0.6) is 0 Å². The minimum Gasteiger partial charge on any atom is -0.330 e. The van der Waals surface area contributed by atoms with E-state index in [1.54, 1.807) is 23.1 Å². The summed E-state index contributed by atoms with van der Waals surface area (Å²) in [6, 6.07) is 5.06. The summed E-state index contributed by atoms with van der Waals surface area (Å²) in [6.07, 6.45) is 3.20. The highest BCUT2D eigenvalue weighted by Crippen LogP contribution is 2.31. The van der Waals surface area contributed by atoms with Gasteiger partial charge in [0.05, 0.1) is 4.90 Å². The van der Waals surface area contributed by atoms with Crippen molar-refractivity contribution in [3.63, 3.8) is 0 Å². The molecule has 1 heterocycles. The second-order valence-electron chi connectivity index (χ2n) is 6.32. The normalized spacial score (nSPS) is 16.6. The summed E-state index contributed by atoms with van der Waals surface area (Å²) in [5.74, 6) is 0.100. The van der Waals surface area contributed by atoms with Gasteiger partial charge in [0.1, 0.15) is 23.5 Å². The van der Waals surface area contributed by atoms with Gasteiger partial charge in [0.2, 0.25) is 5.91 Å². The van der Waals surface area contributed by atoms with Crippen LogP contribution in [0.1, 0.15) is 18.4 Å². The Morgan fingerprint density at radius 2 is 1.85 bits per heavy atom. The third-order valence-corrected chi connectivity index (χ3v) is 4.59. The molecule has 0 aliphatic carbocycles. The van der Waals surface area contributed by atoms with Gasteiger partial charge in [0.15, 0.2) is 9.84 Å². The molecule has 1 aromatic carbocycles. The second kappa shape index (κ2) is 4.99. The van der Waals surface area contributed by atoms with E-state index in [4.69, 9.17) is 0 Å². The maximum absolute atomic E-state index is 12.3. The van der Waals surface area contributed by atoms with Crippen LogP contribution in [0.3, 0.4) is 0 Å². The van der Waals surface area contributed by atoms with Crippen molar-refractivity contribution in [1.29, 1.82) is 0 Å². The zero-order chi connectivity index (χ0) is 15.1. The monoisotopic (exact) mass is 289 g/mol. The first-order valence-electron chi connectivity index (χ1n) is 6.77. The van der Waals surface area contributed by atoms with Crippen LogP contribution in [-0.4, -0.2) is 49.4 Å². The van der Waals surface area contributed by atoms with Crippen molar-refractivity contribution in [2.45, 2.75) is 29.4 Å². The number of rotatable bonds is 2. The summed E-state index contributed by atoms with van der Waals surface area (Å²) >= 11 is 0. The number of nitrogens with zero attached hydrogens (tertiary/aromatic N) is 1. The Labute approximate surface area is 123 Å². The standard InChI is InChI=1S/C12H18B3NO3S/c1-20(18,19)9-5-6-10-8(7-9)3-2-4-11(17)16(10)12(13,14)15/h5-7H,2-4,13-15H2,1H3. The van der Waals surface area contributed by atoms with Crippen molar-refractivity contribution in [3.05, 3.63) is 23.8 Å². The summed E-state index contributed by atoms with van der Waals surface area (Å²) in [5.41, 5.74) is 1.78. The predicted octanol–water partition coefficient (Wildman–Crippen LogP) is -1.73. The molecule has 1 aliphatic heterocycles. The smallest absolute Gasteiger partial charge is 0.225 e. The van der Waals surface area contributed by atoms with Crippen LogP contribution >= 0.6 is 0 Å². The van der Waals surface area contributed by atoms with Crippen molar-refractivity contribution in [2.75, 3.05) is 11.2 Å². The first-order chi connectivity index (χ1) is 9.10. The molecule has 0 spiro atoms. The molecule has 0 saturated heterocycles. The fraction of sp³-hybridized carbons (Fsp3) is 0.417. The molecule has 1 aromatic rings. The van der Waals surface area contributed by atoms with Crippen LogP contribution < -0.4 is 4.90 Å². The topological polar surface area (TPSA) is 54.5 Å². The lowest BCUT2D eigenvalue weighted by molar-refractivity contribution is -0.118. The zero-order valence-corrected chi connectivity index (χ0v) is 13.3. The third kappa shape index (κ3) is 2.95. The van der Waals surface area contributed by atoms with Gasteiger partial charge in [-0.25, -0.2) is 8.42 Å². The number of hydrogen-bond donors (Lipinski definition) is 0. The van der Waals surface area contributed by atoms with Crippen LogP contribution in [0.15, 0.2) is 23.1 Å². The van der Waals surface area contributed by atoms with E-state index in [9.17, 15) is 13.2 Å². The Morgan fingerprint density at radius 1 is 1.20 bits per heavy atom.